The lowest BCUT2D eigenvalue weighted by Crippen LogP contribution is -2.02. The maximum absolute atomic E-state index is 11.0. The molecule has 0 spiro atoms. The zero-order valence-corrected chi connectivity index (χ0v) is 12.5. The first-order valence-electron chi connectivity index (χ1n) is 6.37. The zero-order chi connectivity index (χ0) is 14.7. The number of methoxy groups -OCH3 is 1. The number of carboxylic acids is 1. The van der Waals surface area contributed by atoms with Crippen LogP contribution in [0.5, 0.6) is 5.75 Å². The van der Waals surface area contributed by atoms with Gasteiger partial charge in [0.1, 0.15) is 10.8 Å². The summed E-state index contributed by atoms with van der Waals surface area (Å²) >= 11 is 1.43. The minimum Gasteiger partial charge on any atom is -0.496 e. The second-order valence-electron chi connectivity index (χ2n) is 4.75. The molecular formula is C15H17NO3S. The van der Waals surface area contributed by atoms with E-state index in [1.54, 1.807) is 7.11 Å². The molecule has 1 aromatic heterocycles. The molecule has 0 bridgehead atoms. The first-order valence-corrected chi connectivity index (χ1v) is 7.19. The molecule has 0 unspecified atom stereocenters. The molecule has 20 heavy (non-hydrogen) atoms. The predicted molar refractivity (Wildman–Crippen MR) is 79.5 cm³/mol. The van der Waals surface area contributed by atoms with Crippen LogP contribution in [0.25, 0.3) is 10.6 Å². The summed E-state index contributed by atoms with van der Waals surface area (Å²) in [4.78, 5) is 16.4. The van der Waals surface area contributed by atoms with Crippen LogP contribution in [0.15, 0.2) is 24.3 Å². The van der Waals surface area contributed by atoms with Crippen LogP contribution in [0.3, 0.4) is 0 Å². The zero-order valence-electron chi connectivity index (χ0n) is 11.7. The number of aliphatic carboxylic acids is 1. The molecule has 1 heterocycles. The van der Waals surface area contributed by atoms with Gasteiger partial charge in [-0.2, -0.15) is 0 Å². The van der Waals surface area contributed by atoms with Gasteiger partial charge in [-0.05, 0) is 18.1 Å². The topological polar surface area (TPSA) is 59.4 Å². The Morgan fingerprint density at radius 2 is 2.10 bits per heavy atom. The van der Waals surface area contributed by atoms with E-state index in [4.69, 9.17) is 9.84 Å². The second kappa shape index (κ2) is 6.05. The van der Waals surface area contributed by atoms with Gasteiger partial charge >= 0.3 is 5.97 Å². The molecule has 0 saturated heterocycles. The van der Waals surface area contributed by atoms with Crippen molar-refractivity contribution in [1.82, 2.24) is 4.98 Å². The summed E-state index contributed by atoms with van der Waals surface area (Å²) in [5, 5.41) is 9.82. The average molecular weight is 291 g/mol. The average Bonchev–Trinajstić information content (AvgIpc) is 2.81. The number of hydrogen-bond donors (Lipinski definition) is 1. The van der Waals surface area contributed by atoms with E-state index in [1.165, 1.54) is 11.3 Å². The van der Waals surface area contributed by atoms with Gasteiger partial charge in [0.05, 0.1) is 24.8 Å². The number of thiazole rings is 1. The van der Waals surface area contributed by atoms with Crippen LogP contribution in [0, 0.1) is 0 Å². The summed E-state index contributed by atoms with van der Waals surface area (Å²) in [6.07, 6.45) is 0.0142. The number of nitrogens with zero attached hydrogens (tertiary/aromatic N) is 1. The van der Waals surface area contributed by atoms with Crippen molar-refractivity contribution in [3.63, 3.8) is 0 Å². The Kier molecular flexibility index (Phi) is 4.39. The molecule has 0 amide bonds. The molecule has 4 nitrogen and oxygen atoms in total. The Bertz CT molecular complexity index is 619. The van der Waals surface area contributed by atoms with Gasteiger partial charge in [-0.3, -0.25) is 4.79 Å². The molecule has 2 rings (SSSR count). The van der Waals surface area contributed by atoms with Gasteiger partial charge in [-0.15, -0.1) is 11.3 Å². The highest BCUT2D eigenvalue weighted by Gasteiger charge is 2.19. The Labute approximate surface area is 122 Å². The molecule has 0 aliphatic carbocycles. The van der Waals surface area contributed by atoms with Gasteiger partial charge in [0.2, 0.25) is 0 Å². The lowest BCUT2D eigenvalue weighted by Gasteiger charge is -2.04. The number of para-hydroxylation sites is 1. The summed E-state index contributed by atoms with van der Waals surface area (Å²) < 4.78 is 5.34. The van der Waals surface area contributed by atoms with Crippen molar-refractivity contribution >= 4 is 17.3 Å². The molecule has 0 aliphatic rings. The summed E-state index contributed by atoms with van der Waals surface area (Å²) in [6, 6.07) is 7.64. The fourth-order valence-electron chi connectivity index (χ4n) is 2.02. The number of hydrogen-bond acceptors (Lipinski definition) is 4. The summed E-state index contributed by atoms with van der Waals surface area (Å²) in [5.74, 6) is 0.115. The monoisotopic (exact) mass is 291 g/mol. The second-order valence-corrected chi connectivity index (χ2v) is 5.84. The Morgan fingerprint density at radius 3 is 2.70 bits per heavy atom. The highest BCUT2D eigenvalue weighted by atomic mass is 32.1. The third-order valence-electron chi connectivity index (χ3n) is 2.92. The van der Waals surface area contributed by atoms with Crippen molar-refractivity contribution < 1.29 is 14.6 Å². The Hall–Kier alpha value is -1.88. The standard InChI is InChI=1S/C15H17NO3S/c1-9(2)14-12(8-13(17)18)20-15(16-14)10-6-4-5-7-11(10)19-3/h4-7,9H,8H2,1-3H3,(H,17,18). The number of carbonyl (C=O) groups is 1. The number of benzene rings is 1. The molecule has 0 aliphatic heterocycles. The minimum absolute atomic E-state index is 0.0142. The minimum atomic E-state index is -0.831. The van der Waals surface area contributed by atoms with Gasteiger partial charge in [-0.25, -0.2) is 4.98 Å². The SMILES string of the molecule is COc1ccccc1-c1nc(C(C)C)c(CC(=O)O)s1. The van der Waals surface area contributed by atoms with E-state index < -0.39 is 5.97 Å². The van der Waals surface area contributed by atoms with E-state index in [9.17, 15) is 4.79 Å². The highest BCUT2D eigenvalue weighted by Crippen LogP contribution is 2.36. The van der Waals surface area contributed by atoms with Crippen molar-refractivity contribution in [3.05, 3.63) is 34.8 Å². The van der Waals surface area contributed by atoms with Crippen LogP contribution in [0.1, 0.15) is 30.3 Å². The smallest absolute Gasteiger partial charge is 0.308 e. The molecule has 0 fully saturated rings. The molecule has 106 valence electrons. The van der Waals surface area contributed by atoms with Gasteiger partial charge in [-0.1, -0.05) is 26.0 Å². The van der Waals surface area contributed by atoms with Crippen molar-refractivity contribution in [2.75, 3.05) is 7.11 Å². The Morgan fingerprint density at radius 1 is 1.40 bits per heavy atom. The Balaban J connectivity index is 2.50. The lowest BCUT2D eigenvalue weighted by atomic mass is 10.1. The van der Waals surface area contributed by atoms with E-state index >= 15 is 0 Å². The van der Waals surface area contributed by atoms with Crippen LogP contribution in [0.2, 0.25) is 0 Å². The third-order valence-corrected chi connectivity index (χ3v) is 4.03. The van der Waals surface area contributed by atoms with Crippen molar-refractivity contribution in [2.45, 2.75) is 26.2 Å². The van der Waals surface area contributed by atoms with Crippen LogP contribution in [-0.2, 0) is 11.2 Å². The van der Waals surface area contributed by atoms with Crippen molar-refractivity contribution in [1.29, 1.82) is 0 Å². The van der Waals surface area contributed by atoms with Crippen molar-refractivity contribution in [2.24, 2.45) is 0 Å². The summed E-state index contributed by atoms with van der Waals surface area (Å²) in [6.45, 7) is 4.04. The quantitative estimate of drug-likeness (QED) is 0.915. The predicted octanol–water partition coefficient (Wildman–Crippen LogP) is 3.57. The molecule has 2 aromatic rings. The normalized spacial score (nSPS) is 10.8. The van der Waals surface area contributed by atoms with Gasteiger partial charge in [0.15, 0.2) is 0 Å². The maximum atomic E-state index is 11.0. The van der Waals surface area contributed by atoms with E-state index in [0.717, 1.165) is 26.9 Å². The van der Waals surface area contributed by atoms with Crippen LogP contribution < -0.4 is 4.74 Å². The van der Waals surface area contributed by atoms with E-state index in [-0.39, 0.29) is 12.3 Å². The summed E-state index contributed by atoms with van der Waals surface area (Å²) in [5.41, 5.74) is 1.76. The number of rotatable bonds is 5. The van der Waals surface area contributed by atoms with Crippen LogP contribution in [-0.4, -0.2) is 23.2 Å². The molecule has 0 atom stereocenters. The van der Waals surface area contributed by atoms with E-state index in [0.29, 0.717) is 0 Å². The molecular weight excluding hydrogens is 274 g/mol. The fraction of sp³-hybridized carbons (Fsp3) is 0.333. The number of ether oxygens (including phenoxy) is 1. The van der Waals surface area contributed by atoms with E-state index in [1.807, 2.05) is 38.1 Å². The van der Waals surface area contributed by atoms with E-state index in [2.05, 4.69) is 4.98 Å². The molecule has 1 N–H and O–H groups in total. The number of carboxylic acid groups (broad SMARTS) is 1. The van der Waals surface area contributed by atoms with Gasteiger partial charge in [0.25, 0.3) is 0 Å². The highest BCUT2D eigenvalue weighted by molar-refractivity contribution is 7.15. The van der Waals surface area contributed by atoms with Crippen LogP contribution >= 0.6 is 11.3 Å². The molecule has 1 aromatic carbocycles. The molecule has 0 saturated carbocycles. The van der Waals surface area contributed by atoms with Gasteiger partial charge in [0, 0.05) is 4.88 Å². The first-order chi connectivity index (χ1) is 9.52. The summed E-state index contributed by atoms with van der Waals surface area (Å²) in [7, 11) is 1.62. The molecule has 0 radical (unpaired) electrons. The fourth-order valence-corrected chi connectivity index (χ4v) is 3.25. The van der Waals surface area contributed by atoms with Crippen molar-refractivity contribution in [3.8, 4) is 16.3 Å². The van der Waals surface area contributed by atoms with Crippen LogP contribution in [0.4, 0.5) is 0 Å². The van der Waals surface area contributed by atoms with Gasteiger partial charge < -0.3 is 9.84 Å². The molecule has 5 heteroatoms. The third kappa shape index (κ3) is 2.99. The number of aromatic nitrogens is 1. The maximum Gasteiger partial charge on any atom is 0.308 e. The largest absolute Gasteiger partial charge is 0.496 e. The first kappa shape index (κ1) is 14.5. The lowest BCUT2D eigenvalue weighted by molar-refractivity contribution is -0.136.